The average Bonchev–Trinajstić information content (AvgIpc) is 3.18. The molecule has 1 aromatic carbocycles. The fourth-order valence-electron chi connectivity index (χ4n) is 3.55. The molecule has 1 unspecified atom stereocenters. The summed E-state index contributed by atoms with van der Waals surface area (Å²) in [5.74, 6) is -0.266. The van der Waals surface area contributed by atoms with E-state index in [1.54, 1.807) is 11.8 Å². The SMILES string of the molecule is CC(=Cc1sc2c([n+]1C)[Te]C(C)C=C2)C=C1Sc2ccc(Cl)cc2N1CCCS(=O)(=O)O.[OH-]. The van der Waals surface area contributed by atoms with Gasteiger partial charge in [0.15, 0.2) is 0 Å². The van der Waals surface area contributed by atoms with E-state index in [2.05, 4.69) is 54.7 Å². The van der Waals surface area contributed by atoms with Crippen LogP contribution in [0.4, 0.5) is 5.69 Å². The third kappa shape index (κ3) is 6.44. The van der Waals surface area contributed by atoms with Crippen molar-refractivity contribution in [2.45, 2.75) is 29.1 Å². The van der Waals surface area contributed by atoms with Gasteiger partial charge in [-0.05, 0) is 0 Å². The van der Waals surface area contributed by atoms with Gasteiger partial charge in [-0.1, -0.05) is 0 Å². The first-order valence-electron chi connectivity index (χ1n) is 10.1. The van der Waals surface area contributed by atoms with Gasteiger partial charge in [0.05, 0.1) is 0 Å². The molecule has 0 saturated carbocycles. The van der Waals surface area contributed by atoms with Crippen molar-refractivity contribution in [3.63, 3.8) is 0 Å². The number of thioether (sulfide) groups is 1. The number of rotatable bonds is 6. The van der Waals surface area contributed by atoms with E-state index in [0.29, 0.717) is 22.0 Å². The summed E-state index contributed by atoms with van der Waals surface area (Å²) in [6.07, 6.45) is 9.26. The topological polar surface area (TPSA) is 91.5 Å². The zero-order valence-electron chi connectivity index (χ0n) is 18.4. The van der Waals surface area contributed by atoms with Gasteiger partial charge in [-0.2, -0.15) is 8.42 Å². The van der Waals surface area contributed by atoms with Crippen LogP contribution in [0.1, 0.15) is 30.2 Å². The molecule has 6 nitrogen and oxygen atoms in total. The van der Waals surface area contributed by atoms with Crippen LogP contribution < -0.4 is 13.2 Å². The van der Waals surface area contributed by atoms with Gasteiger partial charge in [-0.25, -0.2) is 0 Å². The van der Waals surface area contributed by atoms with Gasteiger partial charge < -0.3 is 5.48 Å². The summed E-state index contributed by atoms with van der Waals surface area (Å²) in [7, 11) is -1.83. The second-order valence-electron chi connectivity index (χ2n) is 7.73. The van der Waals surface area contributed by atoms with Gasteiger partial charge >= 0.3 is 201 Å². The van der Waals surface area contributed by atoms with E-state index in [-0.39, 0.29) is 32.2 Å². The smallest absolute Gasteiger partial charge is 0.870 e. The summed E-state index contributed by atoms with van der Waals surface area (Å²) in [6, 6.07) is 5.76. The first-order chi connectivity index (χ1) is 15.1. The van der Waals surface area contributed by atoms with Crippen molar-refractivity contribution in [3.05, 3.63) is 55.9 Å². The van der Waals surface area contributed by atoms with Crippen molar-refractivity contribution in [2.24, 2.45) is 7.05 Å². The Balaban J connectivity index is 0.00000306. The minimum atomic E-state index is -3.99. The van der Waals surface area contributed by atoms with Crippen molar-refractivity contribution in [3.8, 4) is 0 Å². The predicted molar refractivity (Wildman–Crippen MR) is 139 cm³/mol. The fourth-order valence-corrected chi connectivity index (χ4v) is 10.0. The molecule has 0 fully saturated rings. The van der Waals surface area contributed by atoms with Gasteiger partial charge in [0, 0.05) is 0 Å². The molecule has 0 saturated heterocycles. The Bertz CT molecular complexity index is 1250. The summed E-state index contributed by atoms with van der Waals surface area (Å²) in [5, 5.41) is 2.90. The number of halogens is 1. The molecule has 1 atom stereocenters. The number of allylic oxidation sites excluding steroid dienone is 3. The Morgan fingerprint density at radius 2 is 2.15 bits per heavy atom. The van der Waals surface area contributed by atoms with Crippen molar-refractivity contribution < 1.29 is 23.0 Å². The molecule has 178 valence electrons. The van der Waals surface area contributed by atoms with Gasteiger partial charge in [-0.3, -0.25) is 4.55 Å². The molecular formula is C22H25ClN2O4S3Te. The van der Waals surface area contributed by atoms with Crippen LogP contribution >= 0.6 is 34.7 Å². The number of fused-ring (bicyclic) bond motifs is 2. The van der Waals surface area contributed by atoms with Gasteiger partial charge in [0.1, 0.15) is 0 Å². The van der Waals surface area contributed by atoms with Crippen LogP contribution in [0.25, 0.3) is 12.2 Å². The number of aromatic nitrogens is 1. The standard InChI is InChI=1S/C22H23ClN2O3S3Te.H2O/c1-14(11-20-24(3)22-19(30-20)7-5-15(2)32-22)12-21-25(9-4-10-31(26,27)28)17-13-16(23)6-8-18(17)29-21;/h5-8,11-13,15H,4,9-10H2,1-3H3;1H2. The minimum absolute atomic E-state index is 0. The quantitative estimate of drug-likeness (QED) is 0.287. The maximum atomic E-state index is 11.2. The molecule has 11 heteroatoms. The van der Waals surface area contributed by atoms with E-state index in [1.807, 2.05) is 29.5 Å². The number of hydrogen-bond acceptors (Lipinski definition) is 6. The molecule has 0 spiro atoms. The molecule has 0 radical (unpaired) electrons. The fraction of sp³-hybridized carbons (Fsp3) is 0.318. The van der Waals surface area contributed by atoms with Crippen LogP contribution in [0.2, 0.25) is 8.99 Å². The van der Waals surface area contributed by atoms with Crippen LogP contribution in [0.15, 0.2) is 45.8 Å². The number of anilines is 1. The molecule has 2 N–H and O–H groups in total. The number of thiazole rings is 1. The maximum absolute atomic E-state index is 11.2. The van der Waals surface area contributed by atoms with Crippen molar-refractivity contribution in [2.75, 3.05) is 17.2 Å². The normalized spacial score (nSPS) is 18.9. The predicted octanol–water partition coefficient (Wildman–Crippen LogP) is 4.35. The summed E-state index contributed by atoms with van der Waals surface area (Å²) in [4.78, 5) is 4.55. The van der Waals surface area contributed by atoms with Gasteiger partial charge in [0.2, 0.25) is 0 Å². The van der Waals surface area contributed by atoms with E-state index < -0.39 is 10.1 Å². The molecule has 2 aliphatic rings. The third-order valence-electron chi connectivity index (χ3n) is 5.06. The summed E-state index contributed by atoms with van der Waals surface area (Å²) in [5.41, 5.74) is 2.09. The molecule has 2 aromatic rings. The van der Waals surface area contributed by atoms with Crippen LogP contribution in [-0.2, 0) is 17.2 Å². The van der Waals surface area contributed by atoms with E-state index >= 15 is 0 Å². The summed E-state index contributed by atoms with van der Waals surface area (Å²) in [6.45, 7) is 4.87. The Morgan fingerprint density at radius 3 is 2.88 bits per heavy atom. The van der Waals surface area contributed by atoms with Crippen LogP contribution in [0.3, 0.4) is 0 Å². The molecule has 0 amide bonds. The van der Waals surface area contributed by atoms with Crippen LogP contribution in [0.5, 0.6) is 0 Å². The first-order valence-corrected chi connectivity index (χ1v) is 16.2. The molecule has 2 aliphatic heterocycles. The molecule has 0 bridgehead atoms. The van der Waals surface area contributed by atoms with Crippen molar-refractivity contribution in [1.29, 1.82) is 0 Å². The van der Waals surface area contributed by atoms with Crippen LogP contribution in [0, 0.1) is 0 Å². The van der Waals surface area contributed by atoms with E-state index in [1.165, 1.54) is 13.6 Å². The Hall–Kier alpha value is -0.830. The van der Waals surface area contributed by atoms with Crippen molar-refractivity contribution >= 4 is 87.3 Å². The molecule has 33 heavy (non-hydrogen) atoms. The van der Waals surface area contributed by atoms with Gasteiger partial charge in [-0.15, -0.1) is 0 Å². The van der Waals surface area contributed by atoms with E-state index in [0.717, 1.165) is 21.2 Å². The second kappa shape index (κ2) is 10.8. The zero-order chi connectivity index (χ0) is 23.0. The molecule has 0 aliphatic carbocycles. The minimum Gasteiger partial charge on any atom is -0.870 e. The molecule has 4 rings (SSSR count). The number of nitrogens with zero attached hydrogens (tertiary/aromatic N) is 2. The van der Waals surface area contributed by atoms with Crippen LogP contribution in [-0.4, -0.2) is 51.7 Å². The number of hydrogen-bond donors (Lipinski definition) is 1. The Kier molecular flexibility index (Phi) is 8.79. The monoisotopic (exact) mass is 642 g/mol. The van der Waals surface area contributed by atoms with E-state index in [9.17, 15) is 8.42 Å². The third-order valence-corrected chi connectivity index (χ3v) is 12.3. The molecule has 3 heterocycles. The number of benzene rings is 1. The van der Waals surface area contributed by atoms with E-state index in [4.69, 9.17) is 16.2 Å². The first kappa shape index (κ1) is 26.8. The molecular weight excluding hydrogens is 616 g/mol. The van der Waals surface area contributed by atoms with Crippen molar-refractivity contribution in [1.82, 2.24) is 0 Å². The molecule has 1 aromatic heterocycles. The van der Waals surface area contributed by atoms with Gasteiger partial charge in [0.25, 0.3) is 0 Å². The summed E-state index contributed by atoms with van der Waals surface area (Å²) >= 11 is 9.49. The summed E-state index contributed by atoms with van der Waals surface area (Å²) < 4.78 is 36.0. The zero-order valence-corrected chi connectivity index (χ0v) is 23.9. The Labute approximate surface area is 218 Å². The average molecular weight is 641 g/mol. The Morgan fingerprint density at radius 1 is 1.39 bits per heavy atom. The second-order valence-corrected chi connectivity index (χ2v) is 15.8.